The van der Waals surface area contributed by atoms with Crippen molar-refractivity contribution < 1.29 is 5.32 Å². The molecule has 0 aromatic carbocycles. The van der Waals surface area contributed by atoms with Crippen LogP contribution in [0, 0.1) is 5.41 Å². The molecule has 1 aromatic rings. The van der Waals surface area contributed by atoms with E-state index in [4.69, 9.17) is 11.1 Å². The van der Waals surface area contributed by atoms with Crippen molar-refractivity contribution in [1.29, 1.82) is 5.41 Å². The molecule has 0 unspecified atom stereocenters. The zero-order chi connectivity index (χ0) is 12.3. The third kappa shape index (κ3) is 3.11. The summed E-state index contributed by atoms with van der Waals surface area (Å²) in [6, 6.07) is 1.87. The van der Waals surface area contributed by atoms with Gasteiger partial charge in [0.1, 0.15) is 12.1 Å². The van der Waals surface area contributed by atoms with Crippen molar-refractivity contribution in [2.75, 3.05) is 38.1 Å². The average molecular weight is 236 g/mol. The van der Waals surface area contributed by atoms with E-state index in [-0.39, 0.29) is 5.96 Å². The van der Waals surface area contributed by atoms with Crippen LogP contribution in [0.4, 0.5) is 11.6 Å². The fraction of sp³-hybridized carbons (Fsp3) is 0.500. The molecule has 1 aliphatic heterocycles. The predicted octanol–water partition coefficient (Wildman–Crippen LogP) is -1.68. The summed E-state index contributed by atoms with van der Waals surface area (Å²) in [5, 5.41) is 8.74. The Bertz CT molecular complexity index is 397. The second-order valence-corrected chi connectivity index (χ2v) is 4.19. The van der Waals surface area contributed by atoms with E-state index >= 15 is 0 Å². The zero-order valence-electron chi connectivity index (χ0n) is 9.93. The normalized spacial score (nSPS) is 17.1. The van der Waals surface area contributed by atoms with E-state index in [9.17, 15) is 0 Å². The fourth-order valence-corrected chi connectivity index (χ4v) is 1.81. The molecule has 1 aliphatic rings. The van der Waals surface area contributed by atoms with Crippen LogP contribution in [0.2, 0.25) is 0 Å². The van der Waals surface area contributed by atoms with E-state index < -0.39 is 0 Å². The fourth-order valence-electron chi connectivity index (χ4n) is 1.81. The number of aromatic nitrogens is 2. The third-order valence-corrected chi connectivity index (χ3v) is 2.80. The maximum Gasteiger partial charge on any atom is 0.295 e. The number of nitrogens with zero attached hydrogens (tertiary/aromatic N) is 4. The summed E-state index contributed by atoms with van der Waals surface area (Å²) in [4.78, 5) is 12.8. The molecular formula is C10H18N7+. The molecule has 17 heavy (non-hydrogen) atoms. The van der Waals surface area contributed by atoms with Crippen molar-refractivity contribution in [2.24, 2.45) is 5.73 Å². The Morgan fingerprint density at radius 2 is 2.06 bits per heavy atom. The molecule has 0 spiro atoms. The number of quaternary nitrogens is 1. The zero-order valence-corrected chi connectivity index (χ0v) is 9.93. The molecule has 2 rings (SSSR count). The van der Waals surface area contributed by atoms with E-state index in [1.54, 1.807) is 0 Å². The van der Waals surface area contributed by atoms with Gasteiger partial charge in [0.25, 0.3) is 5.96 Å². The first kappa shape index (κ1) is 11.7. The van der Waals surface area contributed by atoms with Crippen molar-refractivity contribution in [2.45, 2.75) is 0 Å². The molecular weight excluding hydrogens is 218 g/mol. The summed E-state index contributed by atoms with van der Waals surface area (Å²) in [6.45, 7) is 4.01. The van der Waals surface area contributed by atoms with Gasteiger partial charge in [0.05, 0.1) is 6.07 Å². The maximum atomic E-state index is 7.21. The average Bonchev–Trinajstić information content (AvgIpc) is 2.29. The van der Waals surface area contributed by atoms with Gasteiger partial charge in [-0.1, -0.05) is 0 Å². The van der Waals surface area contributed by atoms with Gasteiger partial charge in [-0.05, 0) is 7.05 Å². The Kier molecular flexibility index (Phi) is 3.50. The van der Waals surface area contributed by atoms with Gasteiger partial charge in [-0.3, -0.25) is 0 Å². The predicted molar refractivity (Wildman–Crippen MR) is 65.2 cm³/mol. The van der Waals surface area contributed by atoms with E-state index in [1.165, 1.54) is 11.6 Å². The molecule has 1 fully saturated rings. The first-order valence-corrected chi connectivity index (χ1v) is 5.59. The number of hydrogen-bond donors (Lipinski definition) is 3. The topological polar surface area (TPSA) is 98.7 Å². The first-order chi connectivity index (χ1) is 8.15. The number of anilines is 1. The number of likely N-dealkylation sites (N-methyl/N-ethyl adjacent to an activating group) is 1. The monoisotopic (exact) mass is 236 g/mol. The van der Waals surface area contributed by atoms with Gasteiger partial charge in [-0.25, -0.2) is 15.7 Å². The molecule has 92 valence electrons. The quantitative estimate of drug-likeness (QED) is 0.421. The molecule has 7 nitrogen and oxygen atoms in total. The summed E-state index contributed by atoms with van der Waals surface area (Å²) in [5.41, 5.74) is 5.32. The largest absolute Gasteiger partial charge is 0.354 e. The minimum Gasteiger partial charge on any atom is -0.354 e. The van der Waals surface area contributed by atoms with Crippen LogP contribution < -0.4 is 16.0 Å². The summed E-state index contributed by atoms with van der Waals surface area (Å²) < 4.78 is 0. The lowest BCUT2D eigenvalue weighted by molar-refractivity contribution is -0.451. The van der Waals surface area contributed by atoms with Gasteiger partial charge in [-0.2, -0.15) is 4.98 Å². The molecule has 1 saturated heterocycles. The molecule has 0 aliphatic carbocycles. The number of hydrogen-bond acceptors (Lipinski definition) is 5. The van der Waals surface area contributed by atoms with Crippen LogP contribution in [0.15, 0.2) is 12.4 Å². The van der Waals surface area contributed by atoms with E-state index in [0.717, 1.165) is 32.0 Å². The highest BCUT2D eigenvalue weighted by atomic mass is 15.3. The molecule has 0 saturated carbocycles. The molecule has 0 bridgehead atoms. The summed E-state index contributed by atoms with van der Waals surface area (Å²) in [7, 11) is 2.12. The van der Waals surface area contributed by atoms with Crippen molar-refractivity contribution in [3.05, 3.63) is 12.4 Å². The number of nitrogens with two attached hydrogens (primary N) is 2. The molecule has 7 heteroatoms. The number of guanidine groups is 1. The lowest BCUT2D eigenvalue weighted by atomic mass is 10.3. The van der Waals surface area contributed by atoms with Gasteiger partial charge < -0.3 is 15.5 Å². The van der Waals surface area contributed by atoms with Crippen molar-refractivity contribution >= 4 is 17.6 Å². The van der Waals surface area contributed by atoms with Crippen LogP contribution in [0.3, 0.4) is 0 Å². The third-order valence-electron chi connectivity index (χ3n) is 2.80. The van der Waals surface area contributed by atoms with E-state index in [2.05, 4.69) is 26.8 Å². The Hall–Kier alpha value is -1.73. The smallest absolute Gasteiger partial charge is 0.295 e. The Labute approximate surface area is 100 Å². The van der Waals surface area contributed by atoms with Gasteiger partial charge in [0, 0.05) is 26.2 Å². The van der Waals surface area contributed by atoms with Crippen LogP contribution in [0.1, 0.15) is 0 Å². The molecule has 0 atom stereocenters. The van der Waals surface area contributed by atoms with Crippen LogP contribution in [-0.2, 0) is 0 Å². The van der Waals surface area contributed by atoms with Crippen molar-refractivity contribution in [3.8, 4) is 0 Å². The molecule has 5 N–H and O–H groups in total. The van der Waals surface area contributed by atoms with E-state index in [1.807, 2.05) is 6.07 Å². The summed E-state index contributed by atoms with van der Waals surface area (Å²) in [6.07, 6.45) is 1.52. The highest BCUT2D eigenvalue weighted by Gasteiger charge is 2.16. The molecule has 0 amide bonds. The highest BCUT2D eigenvalue weighted by molar-refractivity contribution is 5.65. The SMILES string of the molecule is CN1CCN(c2cc([NH2+]C(=N)N)ncn2)CC1. The molecule has 2 heterocycles. The van der Waals surface area contributed by atoms with Gasteiger partial charge in [0.15, 0.2) is 0 Å². The van der Waals surface area contributed by atoms with Crippen molar-refractivity contribution in [3.63, 3.8) is 0 Å². The van der Waals surface area contributed by atoms with Gasteiger partial charge in [0.2, 0.25) is 5.82 Å². The second-order valence-electron chi connectivity index (χ2n) is 4.19. The number of nitrogens with one attached hydrogen (secondary N) is 1. The Morgan fingerprint density at radius 3 is 2.71 bits per heavy atom. The first-order valence-electron chi connectivity index (χ1n) is 5.59. The molecule has 1 aromatic heterocycles. The Balaban J connectivity index is 2.07. The minimum absolute atomic E-state index is 0.00743. The Morgan fingerprint density at radius 1 is 1.35 bits per heavy atom. The van der Waals surface area contributed by atoms with E-state index in [0.29, 0.717) is 5.82 Å². The summed E-state index contributed by atoms with van der Waals surface area (Å²) in [5.74, 6) is 1.59. The standard InChI is InChI=1S/C10H17N7/c1-16-2-4-17(5-3-16)9-6-8(13-7-14-9)15-10(11)12/h6-7H,2-5H2,1H3,(H4,11,12,13,14,15)/p+1. The van der Waals surface area contributed by atoms with Crippen LogP contribution in [0.25, 0.3) is 0 Å². The van der Waals surface area contributed by atoms with Crippen LogP contribution >= 0.6 is 0 Å². The lowest BCUT2D eigenvalue weighted by Crippen LogP contribution is -2.85. The second kappa shape index (κ2) is 5.07. The summed E-state index contributed by atoms with van der Waals surface area (Å²) >= 11 is 0. The number of rotatable bonds is 2. The van der Waals surface area contributed by atoms with Crippen LogP contribution in [-0.4, -0.2) is 54.1 Å². The minimum atomic E-state index is 0.00743. The van der Waals surface area contributed by atoms with Gasteiger partial charge >= 0.3 is 0 Å². The number of piperazine rings is 1. The van der Waals surface area contributed by atoms with Gasteiger partial charge in [-0.15, -0.1) is 0 Å². The lowest BCUT2D eigenvalue weighted by Gasteiger charge is -2.32. The van der Waals surface area contributed by atoms with Crippen LogP contribution in [0.5, 0.6) is 0 Å². The van der Waals surface area contributed by atoms with Crippen molar-refractivity contribution in [1.82, 2.24) is 14.9 Å². The molecule has 0 radical (unpaired) electrons. The maximum absolute atomic E-state index is 7.21. The highest BCUT2D eigenvalue weighted by Crippen LogP contribution is 2.13.